The molecule has 1 atom stereocenters. The normalized spacial score (nSPS) is 20.5. The fraction of sp³-hybridized carbons (Fsp3) is 0.579. The van der Waals surface area contributed by atoms with Gasteiger partial charge in [0.15, 0.2) is 0 Å². The molecular formula is C19H27NO6. The number of alkyl carbamates (subject to hydrolysis) is 1. The van der Waals surface area contributed by atoms with Gasteiger partial charge >= 0.3 is 12.1 Å². The van der Waals surface area contributed by atoms with Crippen LogP contribution in [0.25, 0.3) is 0 Å². The molecule has 0 bridgehead atoms. The molecule has 1 saturated carbocycles. The lowest BCUT2D eigenvalue weighted by molar-refractivity contribution is -0.143. The molecule has 0 radical (unpaired) electrons. The van der Waals surface area contributed by atoms with Crippen LogP contribution in [0.2, 0.25) is 0 Å². The van der Waals surface area contributed by atoms with Gasteiger partial charge in [0.05, 0.1) is 13.2 Å². The average molecular weight is 365 g/mol. The van der Waals surface area contributed by atoms with Gasteiger partial charge in [-0.1, -0.05) is 12.1 Å². The summed E-state index contributed by atoms with van der Waals surface area (Å²) in [5, 5.41) is 11.8. The molecule has 1 fully saturated rings. The van der Waals surface area contributed by atoms with Crippen LogP contribution in [0.1, 0.15) is 39.2 Å². The van der Waals surface area contributed by atoms with Gasteiger partial charge in [0.1, 0.15) is 23.5 Å². The molecule has 0 heterocycles. The third-order valence-electron chi connectivity index (χ3n) is 3.91. The first-order valence-corrected chi connectivity index (χ1v) is 8.67. The van der Waals surface area contributed by atoms with Crippen LogP contribution in [0.4, 0.5) is 4.79 Å². The summed E-state index contributed by atoms with van der Waals surface area (Å²) in [6, 6.07) is 6.43. The van der Waals surface area contributed by atoms with Gasteiger partial charge in [-0.15, -0.1) is 0 Å². The number of benzene rings is 1. The van der Waals surface area contributed by atoms with Gasteiger partial charge in [-0.25, -0.2) is 9.59 Å². The maximum atomic E-state index is 12.0. The fourth-order valence-corrected chi connectivity index (χ4v) is 2.55. The second-order valence-electron chi connectivity index (χ2n) is 7.44. The molecule has 0 spiro atoms. The van der Waals surface area contributed by atoms with Crippen molar-refractivity contribution in [2.45, 2.75) is 63.9 Å². The first-order valence-electron chi connectivity index (χ1n) is 8.67. The molecule has 7 nitrogen and oxygen atoms in total. The number of hydrogen-bond donors (Lipinski definition) is 2. The molecule has 0 unspecified atom stereocenters. The standard InChI is InChI=1S/C19H27NO6/c1-19(2,3)26-18(23)20-16(17(22)24-4)9-12-5-7-14(8-6-12)25-15-10-13(21)11-15/h5-8,13,15-16,21H,9-11H2,1-4H3,(H,20,23)/t13-,15+,16-/m0/s1. The third kappa shape index (κ3) is 6.22. The van der Waals surface area contributed by atoms with Crippen molar-refractivity contribution in [1.82, 2.24) is 5.32 Å². The van der Waals surface area contributed by atoms with Crippen molar-refractivity contribution in [3.8, 4) is 5.75 Å². The topological polar surface area (TPSA) is 94.1 Å². The Morgan fingerprint density at radius 2 is 1.85 bits per heavy atom. The molecule has 1 aromatic carbocycles. The Hall–Kier alpha value is -2.28. The maximum Gasteiger partial charge on any atom is 0.408 e. The SMILES string of the molecule is COC(=O)[C@H](Cc1ccc(O[C@H]2C[C@@H](O)C2)cc1)NC(=O)OC(C)(C)C. The van der Waals surface area contributed by atoms with Gasteiger partial charge in [-0.2, -0.15) is 0 Å². The summed E-state index contributed by atoms with van der Waals surface area (Å²) in [4.78, 5) is 23.9. The highest BCUT2D eigenvalue weighted by Crippen LogP contribution is 2.26. The van der Waals surface area contributed by atoms with E-state index in [1.807, 2.05) is 24.3 Å². The molecule has 2 N–H and O–H groups in total. The number of amides is 1. The molecule has 1 aromatic rings. The van der Waals surface area contributed by atoms with E-state index in [0.29, 0.717) is 18.6 Å². The summed E-state index contributed by atoms with van der Waals surface area (Å²) in [5.74, 6) is 0.167. The Morgan fingerprint density at radius 1 is 1.23 bits per heavy atom. The summed E-state index contributed by atoms with van der Waals surface area (Å²) < 4.78 is 15.7. The lowest BCUT2D eigenvalue weighted by atomic mass is 9.92. The van der Waals surface area contributed by atoms with Crippen LogP contribution in [0.3, 0.4) is 0 Å². The predicted octanol–water partition coefficient (Wildman–Crippen LogP) is 2.20. The average Bonchev–Trinajstić information content (AvgIpc) is 2.52. The molecular weight excluding hydrogens is 338 g/mol. The van der Waals surface area contributed by atoms with Crippen molar-refractivity contribution < 1.29 is 28.9 Å². The van der Waals surface area contributed by atoms with E-state index in [-0.39, 0.29) is 18.6 Å². The van der Waals surface area contributed by atoms with Gasteiger partial charge in [-0.3, -0.25) is 0 Å². The van der Waals surface area contributed by atoms with Crippen molar-refractivity contribution in [3.63, 3.8) is 0 Å². The minimum absolute atomic E-state index is 0.0486. The number of methoxy groups -OCH3 is 1. The van der Waals surface area contributed by atoms with Crippen LogP contribution in [0, 0.1) is 0 Å². The summed E-state index contributed by atoms with van der Waals surface area (Å²) in [6.07, 6.45) is 0.676. The van der Waals surface area contributed by atoms with Crippen LogP contribution < -0.4 is 10.1 Å². The number of ether oxygens (including phenoxy) is 3. The summed E-state index contributed by atoms with van der Waals surface area (Å²) in [5.41, 5.74) is 0.191. The van der Waals surface area contributed by atoms with E-state index < -0.39 is 23.7 Å². The van der Waals surface area contributed by atoms with E-state index in [1.165, 1.54) is 7.11 Å². The zero-order chi connectivity index (χ0) is 19.3. The third-order valence-corrected chi connectivity index (χ3v) is 3.91. The summed E-state index contributed by atoms with van der Waals surface area (Å²) in [7, 11) is 1.27. The lowest BCUT2D eigenvalue weighted by Crippen LogP contribution is -2.45. The number of esters is 1. The van der Waals surface area contributed by atoms with Gasteiger partial charge in [0, 0.05) is 19.3 Å². The molecule has 7 heteroatoms. The molecule has 1 aliphatic rings. The minimum atomic E-state index is -0.844. The zero-order valence-electron chi connectivity index (χ0n) is 15.7. The van der Waals surface area contributed by atoms with E-state index in [2.05, 4.69) is 5.32 Å². The maximum absolute atomic E-state index is 12.0. The van der Waals surface area contributed by atoms with Gasteiger partial charge in [0.25, 0.3) is 0 Å². The van der Waals surface area contributed by atoms with Crippen molar-refractivity contribution in [3.05, 3.63) is 29.8 Å². The van der Waals surface area contributed by atoms with Crippen molar-refractivity contribution >= 4 is 12.1 Å². The predicted molar refractivity (Wildman–Crippen MR) is 95.0 cm³/mol. The molecule has 1 amide bonds. The molecule has 1 aliphatic carbocycles. The zero-order valence-corrected chi connectivity index (χ0v) is 15.7. The Balaban J connectivity index is 1.94. The molecule has 2 rings (SSSR count). The highest BCUT2D eigenvalue weighted by Gasteiger charge is 2.29. The Bertz CT molecular complexity index is 616. The van der Waals surface area contributed by atoms with E-state index >= 15 is 0 Å². The van der Waals surface area contributed by atoms with Crippen LogP contribution in [0.5, 0.6) is 5.75 Å². The first-order chi connectivity index (χ1) is 12.2. The fourth-order valence-electron chi connectivity index (χ4n) is 2.55. The molecule has 144 valence electrons. The second kappa shape index (κ2) is 8.40. The van der Waals surface area contributed by atoms with E-state index in [1.54, 1.807) is 20.8 Å². The largest absolute Gasteiger partial charge is 0.490 e. The molecule has 0 saturated heterocycles. The Morgan fingerprint density at radius 3 is 2.35 bits per heavy atom. The van der Waals surface area contributed by atoms with Crippen molar-refractivity contribution in [1.29, 1.82) is 0 Å². The Labute approximate surface area is 153 Å². The highest BCUT2D eigenvalue weighted by molar-refractivity contribution is 5.81. The van der Waals surface area contributed by atoms with Crippen LogP contribution >= 0.6 is 0 Å². The lowest BCUT2D eigenvalue weighted by Gasteiger charge is -2.31. The highest BCUT2D eigenvalue weighted by atomic mass is 16.6. The monoisotopic (exact) mass is 365 g/mol. The van der Waals surface area contributed by atoms with Crippen LogP contribution in [-0.4, -0.2) is 48.1 Å². The number of carbonyl (C=O) groups is 2. The Kier molecular flexibility index (Phi) is 6.47. The summed E-state index contributed by atoms with van der Waals surface area (Å²) in [6.45, 7) is 5.25. The molecule has 26 heavy (non-hydrogen) atoms. The number of nitrogens with one attached hydrogen (secondary N) is 1. The first kappa shape index (κ1) is 20.0. The van der Waals surface area contributed by atoms with Gasteiger partial charge in [-0.05, 0) is 38.5 Å². The quantitative estimate of drug-likeness (QED) is 0.751. The van der Waals surface area contributed by atoms with Gasteiger partial charge < -0.3 is 24.6 Å². The van der Waals surface area contributed by atoms with E-state index in [4.69, 9.17) is 14.2 Å². The summed E-state index contributed by atoms with van der Waals surface area (Å²) >= 11 is 0. The van der Waals surface area contributed by atoms with E-state index in [0.717, 1.165) is 5.56 Å². The number of aliphatic hydroxyl groups excluding tert-OH is 1. The van der Waals surface area contributed by atoms with E-state index in [9.17, 15) is 14.7 Å². The number of hydrogen-bond acceptors (Lipinski definition) is 6. The van der Waals surface area contributed by atoms with Crippen LogP contribution in [-0.2, 0) is 20.7 Å². The van der Waals surface area contributed by atoms with Crippen LogP contribution in [0.15, 0.2) is 24.3 Å². The van der Waals surface area contributed by atoms with Gasteiger partial charge in [0.2, 0.25) is 0 Å². The number of carbonyl (C=O) groups excluding carboxylic acids is 2. The van der Waals surface area contributed by atoms with Crippen molar-refractivity contribution in [2.24, 2.45) is 0 Å². The molecule has 0 aromatic heterocycles. The second-order valence-corrected chi connectivity index (χ2v) is 7.44. The molecule has 0 aliphatic heterocycles. The minimum Gasteiger partial charge on any atom is -0.490 e. The van der Waals surface area contributed by atoms with Crippen molar-refractivity contribution in [2.75, 3.05) is 7.11 Å². The smallest absolute Gasteiger partial charge is 0.408 e. The number of aliphatic hydroxyl groups is 1. The number of rotatable bonds is 6.